The molecule has 15 heavy (non-hydrogen) atoms. The summed E-state index contributed by atoms with van der Waals surface area (Å²) in [4.78, 5) is 12.0. The smallest absolute Gasteiger partial charge is 0.216 e. The molecule has 2 heterocycles. The molecule has 2 rings (SSSR count). The fourth-order valence-corrected chi connectivity index (χ4v) is 1.91. The van der Waals surface area contributed by atoms with Crippen LogP contribution in [0.15, 0.2) is 11.8 Å². The lowest BCUT2D eigenvalue weighted by molar-refractivity contribution is -0.126. The van der Waals surface area contributed by atoms with Gasteiger partial charge in [0.05, 0.1) is 19.3 Å². The molecule has 0 bridgehead atoms. The molecule has 0 aliphatic carbocycles. The van der Waals surface area contributed by atoms with Crippen molar-refractivity contribution in [1.82, 2.24) is 5.32 Å². The van der Waals surface area contributed by atoms with Crippen molar-refractivity contribution in [2.45, 2.75) is 31.9 Å². The Kier molecular flexibility index (Phi) is 3.38. The van der Waals surface area contributed by atoms with Crippen molar-refractivity contribution in [2.75, 3.05) is 19.8 Å². The molecule has 0 aromatic heterocycles. The van der Waals surface area contributed by atoms with Gasteiger partial charge in [-0.1, -0.05) is 0 Å². The van der Waals surface area contributed by atoms with E-state index in [9.17, 15) is 4.79 Å². The lowest BCUT2D eigenvalue weighted by atomic mass is 10.0. The lowest BCUT2D eigenvalue weighted by Crippen LogP contribution is -2.52. The van der Waals surface area contributed by atoms with Crippen molar-refractivity contribution in [1.29, 1.82) is 0 Å². The van der Waals surface area contributed by atoms with Crippen molar-refractivity contribution in [3.05, 3.63) is 11.8 Å². The number of morpholine rings is 1. The van der Waals surface area contributed by atoms with Gasteiger partial charge in [0.1, 0.15) is 6.04 Å². The number of nitrogens with one attached hydrogen (secondary N) is 1. The second-order valence-electron chi connectivity index (χ2n) is 3.93. The number of hydrogen-bond donors (Lipinski definition) is 1. The van der Waals surface area contributed by atoms with Gasteiger partial charge >= 0.3 is 0 Å². The molecule has 2 unspecified atom stereocenters. The Morgan fingerprint density at radius 2 is 2.40 bits per heavy atom. The van der Waals surface area contributed by atoms with Crippen LogP contribution in [0.5, 0.6) is 0 Å². The molecule has 0 radical (unpaired) electrons. The number of rotatable bonds is 2. The van der Waals surface area contributed by atoms with E-state index in [1.165, 1.54) is 0 Å². The molecule has 0 amide bonds. The maximum Gasteiger partial charge on any atom is 0.216 e. The minimum atomic E-state index is -0.247. The summed E-state index contributed by atoms with van der Waals surface area (Å²) in [6, 6.07) is -0.247. The van der Waals surface area contributed by atoms with Crippen molar-refractivity contribution < 1.29 is 14.3 Å². The second-order valence-corrected chi connectivity index (χ2v) is 3.93. The Morgan fingerprint density at radius 1 is 1.53 bits per heavy atom. The van der Waals surface area contributed by atoms with E-state index in [4.69, 9.17) is 9.47 Å². The molecule has 0 spiro atoms. The van der Waals surface area contributed by atoms with Gasteiger partial charge in [-0.05, 0) is 25.8 Å². The van der Waals surface area contributed by atoms with Crippen LogP contribution in [0.25, 0.3) is 0 Å². The molecule has 2 atom stereocenters. The quantitative estimate of drug-likeness (QED) is 0.727. The van der Waals surface area contributed by atoms with Gasteiger partial charge in [-0.25, -0.2) is 0 Å². The van der Waals surface area contributed by atoms with Gasteiger partial charge in [-0.2, -0.15) is 0 Å². The monoisotopic (exact) mass is 211 g/mol. The third-order valence-corrected chi connectivity index (χ3v) is 2.78. The van der Waals surface area contributed by atoms with Crippen LogP contribution in [0, 0.1) is 0 Å². The normalized spacial score (nSPS) is 31.7. The second kappa shape index (κ2) is 4.77. The van der Waals surface area contributed by atoms with E-state index in [2.05, 4.69) is 5.32 Å². The van der Waals surface area contributed by atoms with Crippen LogP contribution in [-0.4, -0.2) is 37.7 Å². The minimum Gasteiger partial charge on any atom is -0.490 e. The molecule has 1 N–H and O–H groups in total. The van der Waals surface area contributed by atoms with E-state index < -0.39 is 0 Å². The van der Waals surface area contributed by atoms with E-state index in [-0.39, 0.29) is 17.9 Å². The minimum absolute atomic E-state index is 0.0295. The van der Waals surface area contributed by atoms with Gasteiger partial charge in [-0.15, -0.1) is 0 Å². The first-order valence-electron chi connectivity index (χ1n) is 5.51. The van der Waals surface area contributed by atoms with Crippen LogP contribution in [0.1, 0.15) is 19.8 Å². The van der Waals surface area contributed by atoms with Crippen molar-refractivity contribution in [3.63, 3.8) is 0 Å². The lowest BCUT2D eigenvalue weighted by Gasteiger charge is -2.30. The van der Waals surface area contributed by atoms with Gasteiger partial charge in [0.2, 0.25) is 5.78 Å². The summed E-state index contributed by atoms with van der Waals surface area (Å²) in [5.74, 6) is 0.540. The first-order chi connectivity index (χ1) is 7.29. The first kappa shape index (κ1) is 10.6. The standard InChI is InChI=1S/C11H17NO3/c1-8-10(12-5-7-14-8)11(13)9-4-2-3-6-15-9/h4,8,10,12H,2-3,5-7H2,1H3. The largest absolute Gasteiger partial charge is 0.490 e. The maximum atomic E-state index is 12.0. The van der Waals surface area contributed by atoms with Crippen LogP contribution in [0.4, 0.5) is 0 Å². The van der Waals surface area contributed by atoms with E-state index >= 15 is 0 Å². The highest BCUT2D eigenvalue weighted by Gasteiger charge is 2.31. The zero-order valence-corrected chi connectivity index (χ0v) is 8.99. The molecule has 1 fully saturated rings. The number of ketones is 1. The molecule has 1 saturated heterocycles. The predicted molar refractivity (Wildman–Crippen MR) is 55.5 cm³/mol. The Morgan fingerprint density at radius 3 is 3.07 bits per heavy atom. The third kappa shape index (κ3) is 2.38. The maximum absolute atomic E-state index is 12.0. The fourth-order valence-electron chi connectivity index (χ4n) is 1.91. The first-order valence-corrected chi connectivity index (χ1v) is 5.51. The third-order valence-electron chi connectivity index (χ3n) is 2.78. The molecule has 2 aliphatic heterocycles. The van der Waals surface area contributed by atoms with Crippen LogP contribution in [-0.2, 0) is 14.3 Å². The van der Waals surface area contributed by atoms with Gasteiger partial charge in [0.25, 0.3) is 0 Å². The highest BCUT2D eigenvalue weighted by Crippen LogP contribution is 2.15. The summed E-state index contributed by atoms with van der Waals surface area (Å²) in [5, 5.41) is 3.17. The molecule has 0 saturated carbocycles. The number of carbonyl (C=O) groups excluding carboxylic acids is 1. The highest BCUT2D eigenvalue weighted by atomic mass is 16.5. The Balaban J connectivity index is 2.02. The number of ether oxygens (including phenoxy) is 2. The Labute approximate surface area is 89.6 Å². The van der Waals surface area contributed by atoms with Crippen LogP contribution >= 0.6 is 0 Å². The Hall–Kier alpha value is -0.870. The summed E-state index contributed by atoms with van der Waals surface area (Å²) >= 11 is 0. The SMILES string of the molecule is CC1OCCNC1C(=O)C1=CCCCO1. The summed E-state index contributed by atoms with van der Waals surface area (Å²) < 4.78 is 10.8. The number of allylic oxidation sites excluding steroid dienone is 1. The van der Waals surface area contributed by atoms with Crippen LogP contribution in [0.3, 0.4) is 0 Å². The fraction of sp³-hybridized carbons (Fsp3) is 0.727. The Bertz CT molecular complexity index is 275. The van der Waals surface area contributed by atoms with E-state index in [1.54, 1.807) is 0 Å². The number of carbonyl (C=O) groups is 1. The van der Waals surface area contributed by atoms with Gasteiger partial charge in [0, 0.05) is 6.54 Å². The van der Waals surface area contributed by atoms with Crippen LogP contribution in [0.2, 0.25) is 0 Å². The highest BCUT2D eigenvalue weighted by molar-refractivity contribution is 5.98. The molecule has 4 nitrogen and oxygen atoms in total. The summed E-state index contributed by atoms with van der Waals surface area (Å²) in [6.45, 7) is 3.97. The average Bonchev–Trinajstić information content (AvgIpc) is 2.30. The molecule has 84 valence electrons. The van der Waals surface area contributed by atoms with Gasteiger partial charge < -0.3 is 14.8 Å². The molecule has 0 aromatic carbocycles. The van der Waals surface area contributed by atoms with Crippen molar-refractivity contribution >= 4 is 5.78 Å². The van der Waals surface area contributed by atoms with E-state index in [0.29, 0.717) is 19.0 Å². The average molecular weight is 211 g/mol. The molecular formula is C11H17NO3. The van der Waals surface area contributed by atoms with E-state index in [1.807, 2.05) is 13.0 Å². The number of hydrogen-bond acceptors (Lipinski definition) is 4. The van der Waals surface area contributed by atoms with Gasteiger partial charge in [0.15, 0.2) is 5.76 Å². The van der Waals surface area contributed by atoms with Crippen molar-refractivity contribution in [2.24, 2.45) is 0 Å². The zero-order valence-electron chi connectivity index (χ0n) is 8.99. The van der Waals surface area contributed by atoms with Crippen molar-refractivity contribution in [3.8, 4) is 0 Å². The topological polar surface area (TPSA) is 47.6 Å². The molecule has 2 aliphatic rings. The van der Waals surface area contributed by atoms with Crippen LogP contribution < -0.4 is 5.32 Å². The molecule has 4 heteroatoms. The number of Topliss-reactive ketones (excluding diaryl/α,β-unsaturated/α-hetero) is 1. The summed E-state index contributed by atoms with van der Waals surface area (Å²) in [5.41, 5.74) is 0. The molecular weight excluding hydrogens is 194 g/mol. The zero-order chi connectivity index (χ0) is 10.7. The molecule has 0 aromatic rings. The van der Waals surface area contributed by atoms with Gasteiger partial charge in [-0.3, -0.25) is 4.79 Å². The summed E-state index contributed by atoms with van der Waals surface area (Å²) in [7, 11) is 0. The summed E-state index contributed by atoms with van der Waals surface area (Å²) in [6.07, 6.45) is 3.75. The van der Waals surface area contributed by atoms with E-state index in [0.717, 1.165) is 19.4 Å². The predicted octanol–water partition coefficient (Wildman–Crippen LogP) is 0.627.